The number of hydrogen-bond donors (Lipinski definition) is 1. The molecule has 0 saturated carbocycles. The van der Waals surface area contributed by atoms with Gasteiger partial charge in [0.1, 0.15) is 24.7 Å². The van der Waals surface area contributed by atoms with E-state index in [2.05, 4.69) is 5.32 Å². The SMILES string of the molecule is CC(C)NC(=O)c1ccccc1OCCOc1ccccc1. The van der Waals surface area contributed by atoms with Gasteiger partial charge in [0, 0.05) is 6.04 Å². The Balaban J connectivity index is 1.88. The number of hydrogen-bond acceptors (Lipinski definition) is 3. The Hall–Kier alpha value is -2.49. The van der Waals surface area contributed by atoms with Gasteiger partial charge < -0.3 is 14.8 Å². The van der Waals surface area contributed by atoms with Crippen molar-refractivity contribution in [2.45, 2.75) is 19.9 Å². The highest BCUT2D eigenvalue weighted by molar-refractivity contribution is 5.97. The van der Waals surface area contributed by atoms with Crippen molar-refractivity contribution in [3.63, 3.8) is 0 Å². The predicted octanol–water partition coefficient (Wildman–Crippen LogP) is 3.28. The van der Waals surface area contributed by atoms with Crippen LogP contribution >= 0.6 is 0 Å². The first kappa shape index (κ1) is 15.9. The number of ether oxygens (including phenoxy) is 2. The number of rotatable bonds is 7. The normalized spacial score (nSPS) is 10.3. The maximum atomic E-state index is 12.1. The topological polar surface area (TPSA) is 47.6 Å². The van der Waals surface area contributed by atoms with Crippen molar-refractivity contribution in [1.29, 1.82) is 0 Å². The van der Waals surface area contributed by atoms with Crippen LogP contribution < -0.4 is 14.8 Å². The summed E-state index contributed by atoms with van der Waals surface area (Å²) in [7, 11) is 0. The lowest BCUT2D eigenvalue weighted by atomic mass is 10.2. The van der Waals surface area contributed by atoms with E-state index < -0.39 is 0 Å². The van der Waals surface area contributed by atoms with Gasteiger partial charge in [0.2, 0.25) is 0 Å². The molecule has 0 aliphatic rings. The Bertz CT molecular complexity index is 596. The number of nitrogens with one attached hydrogen (secondary N) is 1. The molecule has 0 aromatic heterocycles. The Morgan fingerprint density at radius 2 is 1.59 bits per heavy atom. The minimum atomic E-state index is -0.130. The van der Waals surface area contributed by atoms with Crippen LogP contribution in [-0.4, -0.2) is 25.2 Å². The minimum absolute atomic E-state index is 0.0852. The van der Waals surface area contributed by atoms with Crippen LogP contribution in [0.25, 0.3) is 0 Å². The standard InChI is InChI=1S/C18H21NO3/c1-14(2)19-18(20)16-10-6-7-11-17(16)22-13-12-21-15-8-4-3-5-9-15/h3-11,14H,12-13H2,1-2H3,(H,19,20). The Labute approximate surface area is 131 Å². The maximum absolute atomic E-state index is 12.1. The van der Waals surface area contributed by atoms with Crippen LogP contribution in [0.15, 0.2) is 54.6 Å². The van der Waals surface area contributed by atoms with Crippen LogP contribution in [0.3, 0.4) is 0 Å². The summed E-state index contributed by atoms with van der Waals surface area (Å²) in [6.45, 7) is 4.65. The summed E-state index contributed by atoms with van der Waals surface area (Å²) in [5, 5.41) is 2.87. The molecule has 1 amide bonds. The molecule has 0 bridgehead atoms. The van der Waals surface area contributed by atoms with Crippen molar-refractivity contribution in [2.75, 3.05) is 13.2 Å². The zero-order valence-electron chi connectivity index (χ0n) is 12.9. The fourth-order valence-corrected chi connectivity index (χ4v) is 1.95. The van der Waals surface area contributed by atoms with Crippen molar-refractivity contribution >= 4 is 5.91 Å². The molecule has 116 valence electrons. The van der Waals surface area contributed by atoms with Crippen LogP contribution in [-0.2, 0) is 0 Å². The molecule has 2 aromatic rings. The van der Waals surface area contributed by atoms with E-state index in [-0.39, 0.29) is 11.9 Å². The smallest absolute Gasteiger partial charge is 0.255 e. The number of para-hydroxylation sites is 2. The molecule has 2 aromatic carbocycles. The molecule has 0 aliphatic carbocycles. The van der Waals surface area contributed by atoms with E-state index in [1.807, 2.05) is 56.3 Å². The summed E-state index contributed by atoms with van der Waals surface area (Å²) in [5.74, 6) is 1.24. The minimum Gasteiger partial charge on any atom is -0.490 e. The van der Waals surface area contributed by atoms with Crippen LogP contribution in [0.5, 0.6) is 11.5 Å². The number of benzene rings is 2. The van der Waals surface area contributed by atoms with E-state index in [4.69, 9.17) is 9.47 Å². The molecule has 0 aliphatic heterocycles. The zero-order chi connectivity index (χ0) is 15.8. The van der Waals surface area contributed by atoms with E-state index in [1.54, 1.807) is 12.1 Å². The summed E-state index contributed by atoms with van der Waals surface area (Å²) in [6, 6.07) is 16.9. The molecule has 0 unspecified atom stereocenters. The summed E-state index contributed by atoms with van der Waals surface area (Å²) in [6.07, 6.45) is 0. The lowest BCUT2D eigenvalue weighted by Crippen LogP contribution is -2.30. The van der Waals surface area contributed by atoms with Gasteiger partial charge in [0.05, 0.1) is 5.56 Å². The highest BCUT2D eigenvalue weighted by Gasteiger charge is 2.12. The van der Waals surface area contributed by atoms with Gasteiger partial charge in [-0.2, -0.15) is 0 Å². The molecule has 4 nitrogen and oxygen atoms in total. The van der Waals surface area contributed by atoms with E-state index in [1.165, 1.54) is 0 Å². The summed E-state index contributed by atoms with van der Waals surface area (Å²) < 4.78 is 11.2. The lowest BCUT2D eigenvalue weighted by molar-refractivity contribution is 0.0938. The largest absolute Gasteiger partial charge is 0.490 e. The summed E-state index contributed by atoms with van der Waals surface area (Å²) >= 11 is 0. The fourth-order valence-electron chi connectivity index (χ4n) is 1.95. The second-order valence-corrected chi connectivity index (χ2v) is 5.13. The van der Waals surface area contributed by atoms with Gasteiger partial charge in [-0.05, 0) is 38.1 Å². The second kappa shape index (κ2) is 8.08. The fraction of sp³-hybridized carbons (Fsp3) is 0.278. The van der Waals surface area contributed by atoms with Crippen molar-refractivity contribution in [3.05, 3.63) is 60.2 Å². The Kier molecular flexibility index (Phi) is 5.83. The van der Waals surface area contributed by atoms with Gasteiger partial charge in [-0.3, -0.25) is 4.79 Å². The third-order valence-electron chi connectivity index (χ3n) is 2.90. The monoisotopic (exact) mass is 299 g/mol. The van der Waals surface area contributed by atoms with Crippen LogP contribution in [0.1, 0.15) is 24.2 Å². The molecule has 0 fully saturated rings. The average Bonchev–Trinajstić information content (AvgIpc) is 2.52. The van der Waals surface area contributed by atoms with Gasteiger partial charge in [-0.25, -0.2) is 0 Å². The molecule has 0 heterocycles. The first-order valence-corrected chi connectivity index (χ1v) is 7.37. The first-order chi connectivity index (χ1) is 10.7. The van der Waals surface area contributed by atoms with Gasteiger partial charge in [-0.15, -0.1) is 0 Å². The van der Waals surface area contributed by atoms with Gasteiger partial charge in [-0.1, -0.05) is 30.3 Å². The van der Waals surface area contributed by atoms with Crippen molar-refractivity contribution in [1.82, 2.24) is 5.32 Å². The molecule has 0 spiro atoms. The predicted molar refractivity (Wildman–Crippen MR) is 86.5 cm³/mol. The van der Waals surface area contributed by atoms with Crippen molar-refractivity contribution in [2.24, 2.45) is 0 Å². The van der Waals surface area contributed by atoms with E-state index in [0.29, 0.717) is 24.5 Å². The van der Waals surface area contributed by atoms with Crippen LogP contribution in [0.4, 0.5) is 0 Å². The van der Waals surface area contributed by atoms with E-state index in [9.17, 15) is 4.79 Å². The van der Waals surface area contributed by atoms with E-state index in [0.717, 1.165) is 5.75 Å². The van der Waals surface area contributed by atoms with E-state index >= 15 is 0 Å². The molecular formula is C18H21NO3. The third-order valence-corrected chi connectivity index (χ3v) is 2.90. The molecule has 0 saturated heterocycles. The quantitative estimate of drug-likeness (QED) is 0.798. The number of carbonyl (C=O) groups is 1. The molecule has 0 radical (unpaired) electrons. The van der Waals surface area contributed by atoms with Crippen molar-refractivity contribution < 1.29 is 14.3 Å². The zero-order valence-corrected chi connectivity index (χ0v) is 12.9. The highest BCUT2D eigenvalue weighted by Crippen LogP contribution is 2.18. The third kappa shape index (κ3) is 4.81. The average molecular weight is 299 g/mol. The van der Waals surface area contributed by atoms with Crippen LogP contribution in [0, 0.1) is 0 Å². The number of amides is 1. The maximum Gasteiger partial charge on any atom is 0.255 e. The van der Waals surface area contributed by atoms with Gasteiger partial charge in [0.15, 0.2) is 0 Å². The van der Waals surface area contributed by atoms with Gasteiger partial charge in [0.25, 0.3) is 5.91 Å². The summed E-state index contributed by atoms with van der Waals surface area (Å²) in [4.78, 5) is 12.1. The lowest BCUT2D eigenvalue weighted by Gasteiger charge is -2.13. The molecule has 2 rings (SSSR count). The first-order valence-electron chi connectivity index (χ1n) is 7.37. The second-order valence-electron chi connectivity index (χ2n) is 5.13. The Morgan fingerprint density at radius 1 is 0.955 bits per heavy atom. The van der Waals surface area contributed by atoms with Gasteiger partial charge >= 0.3 is 0 Å². The molecule has 4 heteroatoms. The molecule has 22 heavy (non-hydrogen) atoms. The van der Waals surface area contributed by atoms with Crippen LogP contribution in [0.2, 0.25) is 0 Å². The molecular weight excluding hydrogens is 278 g/mol. The highest BCUT2D eigenvalue weighted by atomic mass is 16.5. The number of carbonyl (C=O) groups excluding carboxylic acids is 1. The molecule has 1 N–H and O–H groups in total. The van der Waals surface area contributed by atoms with Crippen molar-refractivity contribution in [3.8, 4) is 11.5 Å². The molecule has 0 atom stereocenters. The Morgan fingerprint density at radius 3 is 2.32 bits per heavy atom. The summed E-state index contributed by atoms with van der Waals surface area (Å²) in [5.41, 5.74) is 0.538.